The zero-order valence-electron chi connectivity index (χ0n) is 14.6. The topological polar surface area (TPSA) is 60.8 Å². The third-order valence-electron chi connectivity index (χ3n) is 4.13. The van der Waals surface area contributed by atoms with E-state index in [0.717, 1.165) is 31.7 Å². The fraction of sp³-hybridized carbons (Fsp3) is 0.316. The number of nitrogens with zero attached hydrogens (tertiary/aromatic N) is 4. The lowest BCUT2D eigenvalue weighted by Gasteiger charge is -2.35. The van der Waals surface area contributed by atoms with Gasteiger partial charge in [-0.1, -0.05) is 24.8 Å². The lowest BCUT2D eigenvalue weighted by Crippen LogP contribution is -2.47. The van der Waals surface area contributed by atoms with Crippen LogP contribution in [0, 0.1) is 0 Å². The highest BCUT2D eigenvalue weighted by atomic mass is 16.1. The molecule has 1 amide bonds. The number of amides is 1. The van der Waals surface area contributed by atoms with Crippen molar-refractivity contribution in [2.24, 2.45) is 4.99 Å². The van der Waals surface area contributed by atoms with Crippen molar-refractivity contribution >= 4 is 30.3 Å². The average molecular weight is 339 g/mol. The van der Waals surface area contributed by atoms with E-state index in [2.05, 4.69) is 51.4 Å². The van der Waals surface area contributed by atoms with Crippen LogP contribution in [-0.2, 0) is 4.79 Å². The van der Waals surface area contributed by atoms with Gasteiger partial charge in [0.25, 0.3) is 0 Å². The molecule has 6 nitrogen and oxygen atoms in total. The van der Waals surface area contributed by atoms with Crippen LogP contribution in [0.3, 0.4) is 0 Å². The Labute approximate surface area is 149 Å². The first-order valence-electron chi connectivity index (χ1n) is 8.27. The predicted molar refractivity (Wildman–Crippen MR) is 104 cm³/mol. The van der Waals surface area contributed by atoms with Crippen LogP contribution < -0.4 is 5.32 Å². The number of likely N-dealkylation sites (N-methyl/N-ethyl adjacent to an activating group) is 1. The van der Waals surface area contributed by atoms with Crippen molar-refractivity contribution in [3.05, 3.63) is 49.1 Å². The van der Waals surface area contributed by atoms with Gasteiger partial charge < -0.3 is 10.2 Å². The molecule has 2 rings (SSSR count). The molecule has 6 heteroatoms. The number of piperazine rings is 1. The molecule has 132 valence electrons. The maximum absolute atomic E-state index is 10.6. The smallest absolute Gasteiger partial charge is 0.212 e. The average Bonchev–Trinajstić information content (AvgIpc) is 2.63. The first-order valence-corrected chi connectivity index (χ1v) is 8.27. The van der Waals surface area contributed by atoms with Crippen LogP contribution in [0.1, 0.15) is 5.56 Å². The van der Waals surface area contributed by atoms with E-state index in [4.69, 9.17) is 0 Å². The zero-order chi connectivity index (χ0) is 18.1. The molecule has 2 heterocycles. The third kappa shape index (κ3) is 5.48. The summed E-state index contributed by atoms with van der Waals surface area (Å²) in [5.41, 5.74) is 0.753. The van der Waals surface area contributed by atoms with Crippen LogP contribution in [0.2, 0.25) is 0 Å². The van der Waals surface area contributed by atoms with Crippen LogP contribution in [-0.4, -0.2) is 66.7 Å². The summed E-state index contributed by atoms with van der Waals surface area (Å²) in [5.74, 6) is 0.972. The molecule has 1 aromatic heterocycles. The molecule has 1 fully saturated rings. The van der Waals surface area contributed by atoms with E-state index in [9.17, 15) is 4.79 Å². The van der Waals surface area contributed by atoms with Crippen LogP contribution >= 0.6 is 0 Å². The van der Waals surface area contributed by atoms with E-state index in [0.29, 0.717) is 18.0 Å². The van der Waals surface area contributed by atoms with Crippen molar-refractivity contribution < 1.29 is 4.79 Å². The summed E-state index contributed by atoms with van der Waals surface area (Å²) < 4.78 is 0. The van der Waals surface area contributed by atoms with E-state index >= 15 is 0 Å². The number of nitrogens with one attached hydrogen (secondary N) is 1. The number of allylic oxidation sites excluding steroid dienone is 1. The van der Waals surface area contributed by atoms with Gasteiger partial charge in [-0.3, -0.25) is 9.69 Å². The minimum absolute atomic E-state index is 0.198. The van der Waals surface area contributed by atoms with Crippen LogP contribution in [0.15, 0.2) is 48.5 Å². The highest BCUT2D eigenvalue weighted by molar-refractivity contribution is 5.78. The van der Waals surface area contributed by atoms with Crippen LogP contribution in [0.4, 0.5) is 11.6 Å². The Morgan fingerprint density at radius 3 is 2.68 bits per heavy atom. The minimum atomic E-state index is 0.198. The molecule has 0 aromatic carbocycles. The Morgan fingerprint density at radius 2 is 2.04 bits per heavy atom. The van der Waals surface area contributed by atoms with Crippen molar-refractivity contribution in [2.45, 2.75) is 6.04 Å². The largest absolute Gasteiger partial charge is 0.313 e. The van der Waals surface area contributed by atoms with Gasteiger partial charge in [0, 0.05) is 44.0 Å². The number of anilines is 1. The summed E-state index contributed by atoms with van der Waals surface area (Å²) >= 11 is 0. The second-order valence-corrected chi connectivity index (χ2v) is 5.80. The van der Waals surface area contributed by atoms with Gasteiger partial charge in [0.05, 0.1) is 0 Å². The van der Waals surface area contributed by atoms with Gasteiger partial charge in [-0.2, -0.15) is 0 Å². The van der Waals surface area contributed by atoms with Crippen molar-refractivity contribution in [3.8, 4) is 0 Å². The first kappa shape index (κ1) is 18.8. The Hall–Kier alpha value is -2.57. The highest BCUT2D eigenvalue weighted by Gasteiger charge is 2.17. The molecule has 1 atom stereocenters. The number of hydrogen-bond acceptors (Lipinski definition) is 5. The molecule has 1 aromatic rings. The van der Waals surface area contributed by atoms with Crippen LogP contribution in [0.25, 0.3) is 6.08 Å². The van der Waals surface area contributed by atoms with Crippen molar-refractivity contribution in [1.82, 2.24) is 14.8 Å². The monoisotopic (exact) mass is 339 g/mol. The van der Waals surface area contributed by atoms with Crippen molar-refractivity contribution in [1.29, 1.82) is 0 Å². The summed E-state index contributed by atoms with van der Waals surface area (Å²) in [5, 5.41) is 2.55. The molecule has 1 saturated heterocycles. The number of carbonyl (C=O) groups excluding carboxylic acids is 1. The highest BCUT2D eigenvalue weighted by Crippen LogP contribution is 2.18. The molecule has 0 bridgehead atoms. The number of aromatic nitrogens is 1. The molecule has 1 aliphatic rings. The van der Waals surface area contributed by atoms with Gasteiger partial charge in [-0.15, -0.1) is 6.58 Å². The van der Waals surface area contributed by atoms with Gasteiger partial charge in [-0.05, 0) is 25.3 Å². The Balaban J connectivity index is 2.00. The molecule has 0 aliphatic carbocycles. The standard InChI is InChI=1S/C19H25N5O/c1-4-16-8-9-18(22-19(16)21-15-25)20-10-6-7-17(5-2)24-13-11-23(3)12-14-24/h4-10,15,17H,1-2,11-14H2,3H3,(H,21,22,25)/b7-6-,20-10?. The molecule has 0 radical (unpaired) electrons. The van der Waals surface area contributed by atoms with Gasteiger partial charge in [-0.25, -0.2) is 9.98 Å². The number of aliphatic imine (C=N–C) groups is 1. The van der Waals surface area contributed by atoms with E-state index < -0.39 is 0 Å². The third-order valence-corrected chi connectivity index (χ3v) is 4.13. The number of pyridine rings is 1. The van der Waals surface area contributed by atoms with Crippen molar-refractivity contribution in [3.63, 3.8) is 0 Å². The minimum Gasteiger partial charge on any atom is -0.313 e. The summed E-state index contributed by atoms with van der Waals surface area (Å²) in [7, 11) is 2.14. The van der Waals surface area contributed by atoms with Gasteiger partial charge in [0.2, 0.25) is 6.41 Å². The maximum atomic E-state index is 10.6. The van der Waals surface area contributed by atoms with Crippen LogP contribution in [0.5, 0.6) is 0 Å². The molecule has 1 N–H and O–H groups in total. The summed E-state index contributed by atoms with van der Waals surface area (Å²) in [6.45, 7) is 11.8. The summed E-state index contributed by atoms with van der Waals surface area (Å²) in [6, 6.07) is 3.80. The van der Waals surface area contributed by atoms with Gasteiger partial charge in [0.1, 0.15) is 5.82 Å². The van der Waals surface area contributed by atoms with E-state index in [-0.39, 0.29) is 6.04 Å². The number of carbonyl (C=O) groups is 1. The fourth-order valence-electron chi connectivity index (χ4n) is 2.62. The van der Waals surface area contributed by atoms with Gasteiger partial charge >= 0.3 is 0 Å². The van der Waals surface area contributed by atoms with Gasteiger partial charge in [0.15, 0.2) is 5.82 Å². The molecular weight excluding hydrogens is 314 g/mol. The predicted octanol–water partition coefficient (Wildman–Crippen LogP) is 2.35. The second-order valence-electron chi connectivity index (χ2n) is 5.80. The summed E-state index contributed by atoms with van der Waals surface area (Å²) in [4.78, 5) is 24.0. The quantitative estimate of drug-likeness (QED) is 0.449. The van der Waals surface area contributed by atoms with E-state index in [1.165, 1.54) is 0 Å². The molecule has 1 unspecified atom stereocenters. The Kier molecular flexibility index (Phi) is 7.25. The summed E-state index contributed by atoms with van der Waals surface area (Å²) in [6.07, 6.45) is 9.85. The fourth-order valence-corrected chi connectivity index (χ4v) is 2.62. The lowest BCUT2D eigenvalue weighted by molar-refractivity contribution is -0.105. The molecule has 0 spiro atoms. The zero-order valence-corrected chi connectivity index (χ0v) is 14.6. The molecular formula is C19H25N5O. The molecule has 0 saturated carbocycles. The Bertz CT molecular complexity index is 660. The lowest BCUT2D eigenvalue weighted by atomic mass is 10.2. The normalized spacial score (nSPS) is 17.6. The Morgan fingerprint density at radius 1 is 1.28 bits per heavy atom. The number of rotatable bonds is 8. The molecule has 25 heavy (non-hydrogen) atoms. The maximum Gasteiger partial charge on any atom is 0.212 e. The molecule has 1 aliphatic heterocycles. The number of hydrogen-bond donors (Lipinski definition) is 1. The van der Waals surface area contributed by atoms with Crippen molar-refractivity contribution in [2.75, 3.05) is 38.5 Å². The van der Waals surface area contributed by atoms with E-state index in [1.807, 2.05) is 18.2 Å². The first-order chi connectivity index (χ1) is 12.2. The second kappa shape index (κ2) is 9.66. The SMILES string of the molecule is C=Cc1ccc(N=C/C=C\C(C=C)N2CCN(C)CC2)nc1NC=O. The van der Waals surface area contributed by atoms with E-state index in [1.54, 1.807) is 18.4 Å².